The van der Waals surface area contributed by atoms with E-state index in [1.807, 2.05) is 19.1 Å². The maximum absolute atomic E-state index is 9.85. The number of benzene rings is 1. The average molecular weight is 285 g/mol. The van der Waals surface area contributed by atoms with E-state index >= 15 is 0 Å². The Labute approximate surface area is 126 Å². The number of ether oxygens (including phenoxy) is 1. The molecule has 21 heavy (non-hydrogen) atoms. The fourth-order valence-corrected chi connectivity index (χ4v) is 2.24. The van der Waals surface area contributed by atoms with E-state index in [0.717, 1.165) is 16.9 Å². The Kier molecular flexibility index (Phi) is 4.33. The van der Waals surface area contributed by atoms with E-state index in [4.69, 9.17) is 4.74 Å². The topological polar surface area (TPSA) is 42.4 Å². The lowest BCUT2D eigenvalue weighted by Gasteiger charge is -2.23. The summed E-state index contributed by atoms with van der Waals surface area (Å²) in [5.41, 5.74) is 2.92. The van der Waals surface area contributed by atoms with Crippen molar-refractivity contribution in [2.45, 2.75) is 46.1 Å². The van der Waals surface area contributed by atoms with Gasteiger partial charge in [0.1, 0.15) is 5.75 Å². The van der Waals surface area contributed by atoms with Crippen molar-refractivity contribution in [3.05, 3.63) is 53.2 Å². The van der Waals surface area contributed by atoms with E-state index in [-0.39, 0.29) is 5.41 Å². The van der Waals surface area contributed by atoms with Crippen LogP contribution in [0.3, 0.4) is 0 Å². The molecule has 1 heterocycles. The molecule has 1 atom stereocenters. The molecule has 0 aliphatic carbocycles. The summed E-state index contributed by atoms with van der Waals surface area (Å²) in [6, 6.07) is 9.83. The first kappa shape index (κ1) is 15.5. The molecule has 3 heteroatoms. The number of hydrogen-bond donors (Lipinski definition) is 1. The Balaban J connectivity index is 2.47. The van der Waals surface area contributed by atoms with Gasteiger partial charge < -0.3 is 9.84 Å². The summed E-state index contributed by atoms with van der Waals surface area (Å²) < 4.78 is 6.04. The fourth-order valence-electron chi connectivity index (χ4n) is 2.24. The minimum Gasteiger partial charge on any atom is -0.438 e. The van der Waals surface area contributed by atoms with Crippen molar-refractivity contribution in [3.63, 3.8) is 0 Å². The lowest BCUT2D eigenvalue weighted by atomic mass is 9.86. The van der Waals surface area contributed by atoms with Gasteiger partial charge in [0.15, 0.2) is 0 Å². The van der Waals surface area contributed by atoms with E-state index < -0.39 is 6.10 Å². The molecule has 0 amide bonds. The zero-order valence-electron chi connectivity index (χ0n) is 13.3. The SMILES string of the molecule is Cc1ccc(C(C)(C)C)c(Oc2ncccc2[C@H](C)O)c1. The minimum atomic E-state index is -0.614. The van der Waals surface area contributed by atoms with Crippen molar-refractivity contribution in [2.75, 3.05) is 0 Å². The van der Waals surface area contributed by atoms with Gasteiger partial charge in [0.2, 0.25) is 5.88 Å². The molecule has 112 valence electrons. The molecule has 2 rings (SSSR count). The van der Waals surface area contributed by atoms with Crippen LogP contribution in [0.5, 0.6) is 11.6 Å². The molecule has 1 aromatic carbocycles. The standard InChI is InChI=1S/C18H23NO2/c1-12-8-9-15(18(3,4)5)16(11-12)21-17-14(13(2)20)7-6-10-19-17/h6-11,13,20H,1-5H3/t13-/m0/s1. The molecule has 0 aliphatic heterocycles. The molecule has 1 N–H and O–H groups in total. The summed E-state index contributed by atoms with van der Waals surface area (Å²) in [5.74, 6) is 1.26. The third-order valence-corrected chi connectivity index (χ3v) is 3.40. The summed E-state index contributed by atoms with van der Waals surface area (Å²) in [7, 11) is 0. The van der Waals surface area contributed by atoms with Crippen LogP contribution in [0.25, 0.3) is 0 Å². The van der Waals surface area contributed by atoms with Crippen molar-refractivity contribution in [1.29, 1.82) is 0 Å². The number of nitrogens with zero attached hydrogens (tertiary/aromatic N) is 1. The van der Waals surface area contributed by atoms with Gasteiger partial charge in [0.05, 0.1) is 6.10 Å². The smallest absolute Gasteiger partial charge is 0.225 e. The molecule has 0 bridgehead atoms. The van der Waals surface area contributed by atoms with Crippen LogP contribution in [0.1, 0.15) is 50.5 Å². The molecule has 2 aromatic rings. The van der Waals surface area contributed by atoms with Crippen molar-refractivity contribution in [2.24, 2.45) is 0 Å². The first-order valence-corrected chi connectivity index (χ1v) is 7.21. The van der Waals surface area contributed by atoms with Gasteiger partial charge in [-0.1, -0.05) is 32.9 Å². The van der Waals surface area contributed by atoms with Gasteiger partial charge >= 0.3 is 0 Å². The monoisotopic (exact) mass is 285 g/mol. The van der Waals surface area contributed by atoms with Crippen molar-refractivity contribution >= 4 is 0 Å². The fraction of sp³-hybridized carbons (Fsp3) is 0.389. The van der Waals surface area contributed by atoms with Crippen molar-refractivity contribution in [3.8, 4) is 11.6 Å². The van der Waals surface area contributed by atoms with E-state index in [9.17, 15) is 5.11 Å². The Morgan fingerprint density at radius 3 is 2.52 bits per heavy atom. The predicted octanol–water partition coefficient (Wildman–Crippen LogP) is 4.53. The average Bonchev–Trinajstić information content (AvgIpc) is 2.37. The van der Waals surface area contributed by atoms with Crippen LogP contribution in [0.15, 0.2) is 36.5 Å². The number of aliphatic hydroxyl groups excluding tert-OH is 1. The van der Waals surface area contributed by atoms with Gasteiger partial charge in [-0.15, -0.1) is 0 Å². The summed E-state index contributed by atoms with van der Waals surface area (Å²) in [4.78, 5) is 4.27. The third-order valence-electron chi connectivity index (χ3n) is 3.40. The summed E-state index contributed by atoms with van der Waals surface area (Å²) >= 11 is 0. The van der Waals surface area contributed by atoms with Crippen LogP contribution in [-0.4, -0.2) is 10.1 Å². The Morgan fingerprint density at radius 1 is 1.19 bits per heavy atom. The van der Waals surface area contributed by atoms with Crippen molar-refractivity contribution < 1.29 is 9.84 Å². The largest absolute Gasteiger partial charge is 0.438 e. The van der Waals surface area contributed by atoms with E-state index in [0.29, 0.717) is 11.4 Å². The second-order valence-electron chi connectivity index (χ2n) is 6.43. The number of aromatic nitrogens is 1. The Hall–Kier alpha value is -1.87. The van der Waals surface area contributed by atoms with Gasteiger partial charge in [0.25, 0.3) is 0 Å². The third kappa shape index (κ3) is 3.61. The molecule has 0 radical (unpaired) electrons. The Morgan fingerprint density at radius 2 is 1.90 bits per heavy atom. The summed E-state index contributed by atoms with van der Waals surface area (Å²) in [5, 5.41) is 9.85. The highest BCUT2D eigenvalue weighted by Crippen LogP contribution is 2.36. The molecule has 0 unspecified atom stereocenters. The molecular weight excluding hydrogens is 262 g/mol. The predicted molar refractivity (Wildman–Crippen MR) is 84.8 cm³/mol. The number of rotatable bonds is 3. The van der Waals surface area contributed by atoms with Gasteiger partial charge in [-0.25, -0.2) is 4.98 Å². The van der Waals surface area contributed by atoms with Crippen LogP contribution in [0, 0.1) is 6.92 Å². The van der Waals surface area contributed by atoms with Crippen LogP contribution in [-0.2, 0) is 5.41 Å². The van der Waals surface area contributed by atoms with Crippen LogP contribution < -0.4 is 4.74 Å². The molecule has 0 saturated carbocycles. The number of aryl methyl sites for hydroxylation is 1. The van der Waals surface area contributed by atoms with Crippen molar-refractivity contribution in [1.82, 2.24) is 4.98 Å². The van der Waals surface area contributed by atoms with E-state index in [1.54, 1.807) is 19.2 Å². The zero-order valence-corrected chi connectivity index (χ0v) is 13.3. The summed E-state index contributed by atoms with van der Waals surface area (Å²) in [6.45, 7) is 10.2. The normalized spacial score (nSPS) is 13.0. The van der Waals surface area contributed by atoms with Gasteiger partial charge in [-0.2, -0.15) is 0 Å². The molecule has 1 aromatic heterocycles. The second-order valence-corrected chi connectivity index (χ2v) is 6.43. The van der Waals surface area contributed by atoms with Crippen LogP contribution in [0.4, 0.5) is 0 Å². The maximum Gasteiger partial charge on any atom is 0.225 e. The first-order valence-electron chi connectivity index (χ1n) is 7.21. The highest BCUT2D eigenvalue weighted by atomic mass is 16.5. The lowest BCUT2D eigenvalue weighted by Crippen LogP contribution is -2.13. The van der Waals surface area contributed by atoms with E-state index in [1.165, 1.54) is 0 Å². The van der Waals surface area contributed by atoms with Gasteiger partial charge in [-0.05, 0) is 43.0 Å². The van der Waals surface area contributed by atoms with E-state index in [2.05, 4.69) is 37.9 Å². The van der Waals surface area contributed by atoms with Gasteiger partial charge in [-0.3, -0.25) is 0 Å². The summed E-state index contributed by atoms with van der Waals surface area (Å²) in [6.07, 6.45) is 1.06. The first-order chi connectivity index (χ1) is 9.79. The van der Waals surface area contributed by atoms with Gasteiger partial charge in [0, 0.05) is 17.3 Å². The number of hydrogen-bond acceptors (Lipinski definition) is 3. The lowest BCUT2D eigenvalue weighted by molar-refractivity contribution is 0.194. The molecule has 3 nitrogen and oxygen atoms in total. The molecule has 0 fully saturated rings. The number of pyridine rings is 1. The number of aliphatic hydroxyl groups is 1. The molecular formula is C18H23NO2. The quantitative estimate of drug-likeness (QED) is 0.900. The highest BCUT2D eigenvalue weighted by molar-refractivity contribution is 5.44. The molecule has 0 aliphatic rings. The maximum atomic E-state index is 9.85. The van der Waals surface area contributed by atoms with Crippen LogP contribution >= 0.6 is 0 Å². The Bertz CT molecular complexity index is 627. The van der Waals surface area contributed by atoms with Crippen LogP contribution in [0.2, 0.25) is 0 Å². The highest BCUT2D eigenvalue weighted by Gasteiger charge is 2.21. The molecule has 0 saturated heterocycles. The second kappa shape index (κ2) is 5.86. The zero-order chi connectivity index (χ0) is 15.6. The molecule has 0 spiro atoms. The minimum absolute atomic E-state index is 0.0250.